The Morgan fingerprint density at radius 2 is 1.65 bits per heavy atom. The molecule has 0 saturated carbocycles. The van der Waals surface area contributed by atoms with Crippen molar-refractivity contribution in [1.29, 1.82) is 0 Å². The van der Waals surface area contributed by atoms with Crippen LogP contribution in [0.2, 0.25) is 15.1 Å². The molecule has 0 unspecified atom stereocenters. The zero-order chi connectivity index (χ0) is 14.5. The Kier molecular flexibility index (Phi) is 5.74. The second kappa shape index (κ2) is 7.33. The lowest BCUT2D eigenvalue weighted by molar-refractivity contribution is 0.675. The summed E-state index contributed by atoms with van der Waals surface area (Å²) in [5.74, 6) is 0. The number of benzene rings is 2. The Morgan fingerprint density at radius 1 is 0.950 bits per heavy atom. The third-order valence-corrected chi connectivity index (χ3v) is 3.71. The summed E-state index contributed by atoms with van der Waals surface area (Å²) in [5.41, 5.74) is 3.04. The van der Waals surface area contributed by atoms with Gasteiger partial charge in [-0.2, -0.15) is 0 Å². The van der Waals surface area contributed by atoms with Crippen molar-refractivity contribution in [3.63, 3.8) is 0 Å². The van der Waals surface area contributed by atoms with E-state index in [9.17, 15) is 0 Å². The Hall–Kier alpha value is -0.730. The summed E-state index contributed by atoms with van der Waals surface area (Å²) in [6, 6.07) is 11.5. The van der Waals surface area contributed by atoms with Crippen LogP contribution in [-0.4, -0.2) is 6.54 Å². The summed E-state index contributed by atoms with van der Waals surface area (Å²) in [5, 5.41) is 5.28. The summed E-state index contributed by atoms with van der Waals surface area (Å²) in [4.78, 5) is 0. The first-order valence-corrected chi connectivity index (χ1v) is 7.69. The van der Waals surface area contributed by atoms with E-state index in [0.717, 1.165) is 30.6 Å². The molecule has 4 heteroatoms. The van der Waals surface area contributed by atoms with Crippen LogP contribution in [0.1, 0.15) is 18.9 Å². The molecular formula is C16H16Cl3N. The van der Waals surface area contributed by atoms with Crippen molar-refractivity contribution in [3.8, 4) is 11.1 Å². The number of hydrogen-bond donors (Lipinski definition) is 1. The summed E-state index contributed by atoms with van der Waals surface area (Å²) in [7, 11) is 0. The molecule has 2 rings (SSSR count). The largest absolute Gasteiger partial charge is 0.313 e. The Balaban J connectivity index is 2.25. The molecule has 2 aromatic carbocycles. The van der Waals surface area contributed by atoms with E-state index in [2.05, 4.69) is 18.3 Å². The van der Waals surface area contributed by atoms with Crippen molar-refractivity contribution in [2.45, 2.75) is 19.9 Å². The van der Waals surface area contributed by atoms with E-state index in [0.29, 0.717) is 15.1 Å². The molecule has 0 aromatic heterocycles. The van der Waals surface area contributed by atoms with Crippen LogP contribution in [0.5, 0.6) is 0 Å². The highest BCUT2D eigenvalue weighted by molar-refractivity contribution is 6.36. The van der Waals surface area contributed by atoms with Crippen LogP contribution < -0.4 is 5.32 Å². The summed E-state index contributed by atoms with van der Waals surface area (Å²) in [6.45, 7) is 3.97. The molecule has 0 saturated heterocycles. The quantitative estimate of drug-likeness (QED) is 0.683. The van der Waals surface area contributed by atoms with Gasteiger partial charge in [0, 0.05) is 27.2 Å². The first-order chi connectivity index (χ1) is 9.60. The van der Waals surface area contributed by atoms with E-state index in [1.807, 2.05) is 24.3 Å². The number of hydrogen-bond acceptors (Lipinski definition) is 1. The molecule has 0 aliphatic carbocycles. The third kappa shape index (κ3) is 4.13. The van der Waals surface area contributed by atoms with Crippen LogP contribution in [0.15, 0.2) is 36.4 Å². The zero-order valence-electron chi connectivity index (χ0n) is 11.2. The highest BCUT2D eigenvalue weighted by Crippen LogP contribution is 2.32. The molecule has 0 aliphatic rings. The van der Waals surface area contributed by atoms with E-state index >= 15 is 0 Å². The Morgan fingerprint density at radius 3 is 2.25 bits per heavy atom. The van der Waals surface area contributed by atoms with Crippen molar-refractivity contribution < 1.29 is 0 Å². The Bertz CT molecular complexity index is 576. The number of rotatable bonds is 5. The molecule has 0 heterocycles. The van der Waals surface area contributed by atoms with Crippen LogP contribution in [0.25, 0.3) is 11.1 Å². The molecule has 106 valence electrons. The molecule has 20 heavy (non-hydrogen) atoms. The van der Waals surface area contributed by atoms with E-state index in [4.69, 9.17) is 34.8 Å². The molecule has 0 aliphatic heterocycles. The fraction of sp³-hybridized carbons (Fsp3) is 0.250. The average Bonchev–Trinajstić information content (AvgIpc) is 2.38. The van der Waals surface area contributed by atoms with Crippen molar-refractivity contribution in [2.24, 2.45) is 0 Å². The zero-order valence-corrected chi connectivity index (χ0v) is 13.5. The molecule has 0 bridgehead atoms. The van der Waals surface area contributed by atoms with E-state index in [1.54, 1.807) is 6.07 Å². The van der Waals surface area contributed by atoms with Crippen molar-refractivity contribution in [3.05, 3.63) is 57.0 Å². The summed E-state index contributed by atoms with van der Waals surface area (Å²) in [6.07, 6.45) is 1.12. The van der Waals surface area contributed by atoms with Gasteiger partial charge in [0.1, 0.15) is 0 Å². The van der Waals surface area contributed by atoms with Gasteiger partial charge in [-0.3, -0.25) is 0 Å². The van der Waals surface area contributed by atoms with Crippen LogP contribution >= 0.6 is 34.8 Å². The molecular weight excluding hydrogens is 313 g/mol. The van der Waals surface area contributed by atoms with Gasteiger partial charge in [-0.1, -0.05) is 53.9 Å². The van der Waals surface area contributed by atoms with Gasteiger partial charge in [0.25, 0.3) is 0 Å². The summed E-state index contributed by atoms with van der Waals surface area (Å²) < 4.78 is 0. The monoisotopic (exact) mass is 327 g/mol. The predicted octanol–water partition coefficient (Wildman–Crippen LogP) is 5.81. The summed E-state index contributed by atoms with van der Waals surface area (Å²) >= 11 is 18.4. The number of halogens is 3. The van der Waals surface area contributed by atoms with Gasteiger partial charge >= 0.3 is 0 Å². The van der Waals surface area contributed by atoms with Gasteiger partial charge in [-0.05, 0) is 48.4 Å². The normalized spacial score (nSPS) is 10.8. The first kappa shape index (κ1) is 15.7. The SMILES string of the molecule is CCCNCc1ccc(-c2cc(Cl)cc(Cl)c2)c(Cl)c1. The van der Waals surface area contributed by atoms with E-state index < -0.39 is 0 Å². The van der Waals surface area contributed by atoms with E-state index in [1.165, 1.54) is 5.56 Å². The molecule has 2 aromatic rings. The maximum absolute atomic E-state index is 6.37. The maximum Gasteiger partial charge on any atom is 0.0487 e. The highest BCUT2D eigenvalue weighted by atomic mass is 35.5. The molecule has 0 spiro atoms. The lowest BCUT2D eigenvalue weighted by Crippen LogP contribution is -2.13. The van der Waals surface area contributed by atoms with Gasteiger partial charge < -0.3 is 5.32 Å². The smallest absolute Gasteiger partial charge is 0.0487 e. The minimum atomic E-state index is 0.609. The molecule has 0 radical (unpaired) electrons. The minimum absolute atomic E-state index is 0.609. The second-order valence-corrected chi connectivity index (χ2v) is 5.93. The molecule has 1 N–H and O–H groups in total. The standard InChI is InChI=1S/C16H16Cl3N/c1-2-5-20-10-11-3-4-15(16(19)6-11)12-7-13(17)9-14(18)8-12/h3-4,6-9,20H,2,5,10H2,1H3. The average molecular weight is 329 g/mol. The van der Waals surface area contributed by atoms with Crippen LogP contribution in [-0.2, 0) is 6.54 Å². The van der Waals surface area contributed by atoms with Crippen molar-refractivity contribution in [1.82, 2.24) is 5.32 Å². The van der Waals surface area contributed by atoms with Gasteiger partial charge in [0.2, 0.25) is 0 Å². The van der Waals surface area contributed by atoms with Crippen LogP contribution in [0.3, 0.4) is 0 Å². The van der Waals surface area contributed by atoms with Gasteiger partial charge in [-0.15, -0.1) is 0 Å². The van der Waals surface area contributed by atoms with E-state index in [-0.39, 0.29) is 0 Å². The fourth-order valence-electron chi connectivity index (χ4n) is 2.02. The lowest BCUT2D eigenvalue weighted by Gasteiger charge is -2.09. The van der Waals surface area contributed by atoms with Crippen molar-refractivity contribution >= 4 is 34.8 Å². The predicted molar refractivity (Wildman–Crippen MR) is 88.9 cm³/mol. The van der Waals surface area contributed by atoms with Gasteiger partial charge in [0.05, 0.1) is 0 Å². The molecule has 0 fully saturated rings. The number of nitrogens with one attached hydrogen (secondary N) is 1. The van der Waals surface area contributed by atoms with Gasteiger partial charge in [-0.25, -0.2) is 0 Å². The Labute approximate surface area is 134 Å². The lowest BCUT2D eigenvalue weighted by atomic mass is 10.0. The van der Waals surface area contributed by atoms with Crippen LogP contribution in [0.4, 0.5) is 0 Å². The molecule has 1 nitrogen and oxygen atoms in total. The van der Waals surface area contributed by atoms with Gasteiger partial charge in [0.15, 0.2) is 0 Å². The second-order valence-electron chi connectivity index (χ2n) is 4.65. The fourth-order valence-corrected chi connectivity index (χ4v) is 2.86. The molecule has 0 amide bonds. The van der Waals surface area contributed by atoms with Crippen LogP contribution in [0, 0.1) is 0 Å². The maximum atomic E-state index is 6.37. The third-order valence-electron chi connectivity index (χ3n) is 2.96. The van der Waals surface area contributed by atoms with Crippen molar-refractivity contribution in [2.75, 3.05) is 6.54 Å². The minimum Gasteiger partial charge on any atom is -0.313 e. The first-order valence-electron chi connectivity index (χ1n) is 6.55. The highest BCUT2D eigenvalue weighted by Gasteiger charge is 2.07. The topological polar surface area (TPSA) is 12.0 Å². The molecule has 0 atom stereocenters.